The summed E-state index contributed by atoms with van der Waals surface area (Å²) in [6.07, 6.45) is 0.915. The second kappa shape index (κ2) is 6.18. The van der Waals surface area contributed by atoms with Crippen molar-refractivity contribution in [2.24, 2.45) is 0 Å². The first-order valence-electron chi connectivity index (χ1n) is 5.77. The molecular weight excluding hydrogens is 210 g/mol. The smallest absolute Gasteiger partial charge is 0.0611 e. The third kappa shape index (κ3) is 3.41. The molecule has 0 fully saturated rings. The van der Waals surface area contributed by atoms with Gasteiger partial charge >= 0.3 is 0 Å². The molecule has 0 saturated heterocycles. The van der Waals surface area contributed by atoms with E-state index in [0.717, 1.165) is 6.42 Å². The normalized spacial score (nSPS) is 12.3. The monoisotopic (exact) mass is 227 g/mol. The van der Waals surface area contributed by atoms with Gasteiger partial charge in [0.2, 0.25) is 0 Å². The molecule has 88 valence electrons. The van der Waals surface area contributed by atoms with E-state index in [1.807, 2.05) is 24.3 Å². The fourth-order valence-corrected chi connectivity index (χ4v) is 1.90. The predicted molar refractivity (Wildman–Crippen MR) is 69.5 cm³/mol. The Balaban J connectivity index is 2.13. The molecule has 2 rings (SSSR count). The molecule has 2 aromatic rings. The molecule has 0 amide bonds. The van der Waals surface area contributed by atoms with Crippen LogP contribution >= 0.6 is 0 Å². The predicted octanol–water partition coefficient (Wildman–Crippen LogP) is 3.12. The molecule has 0 spiro atoms. The lowest BCUT2D eigenvalue weighted by Gasteiger charge is -2.17. The molecule has 0 aliphatic heterocycles. The zero-order valence-electron chi connectivity index (χ0n) is 9.97. The maximum absolute atomic E-state index is 5.08. The van der Waals surface area contributed by atoms with Crippen LogP contribution in [0.1, 0.15) is 17.2 Å². The highest BCUT2D eigenvalue weighted by atomic mass is 16.6. The Hall–Kier alpha value is -1.64. The Bertz CT molecular complexity index is 427. The lowest BCUT2D eigenvalue weighted by Crippen LogP contribution is -2.22. The van der Waals surface area contributed by atoms with E-state index < -0.39 is 0 Å². The van der Waals surface area contributed by atoms with Crippen LogP contribution in [-0.2, 0) is 11.3 Å². The van der Waals surface area contributed by atoms with E-state index in [9.17, 15) is 0 Å². The van der Waals surface area contributed by atoms with Crippen LogP contribution in [0.15, 0.2) is 60.7 Å². The van der Waals surface area contributed by atoms with E-state index in [0.29, 0.717) is 0 Å². The molecule has 0 heterocycles. The first-order chi connectivity index (χ1) is 8.40. The van der Waals surface area contributed by atoms with Crippen LogP contribution in [0.25, 0.3) is 0 Å². The average Bonchev–Trinajstić information content (AvgIpc) is 2.40. The topological polar surface area (TPSA) is 21.3 Å². The number of hydrogen-bond acceptors (Lipinski definition) is 2. The molecule has 2 aromatic carbocycles. The maximum Gasteiger partial charge on any atom is 0.0611 e. The quantitative estimate of drug-likeness (QED) is 0.792. The van der Waals surface area contributed by atoms with Gasteiger partial charge in [-0.3, -0.25) is 0 Å². The summed E-state index contributed by atoms with van der Waals surface area (Å²) in [6, 6.07) is 20.9. The second-order valence-electron chi connectivity index (χ2n) is 3.97. The van der Waals surface area contributed by atoms with Crippen molar-refractivity contribution in [1.82, 2.24) is 5.48 Å². The van der Waals surface area contributed by atoms with Gasteiger partial charge in [-0.15, -0.1) is 0 Å². The average molecular weight is 227 g/mol. The molecule has 1 atom stereocenters. The van der Waals surface area contributed by atoms with E-state index in [1.165, 1.54) is 11.1 Å². The van der Waals surface area contributed by atoms with Crippen LogP contribution in [0.4, 0.5) is 0 Å². The van der Waals surface area contributed by atoms with Gasteiger partial charge in [-0.2, -0.15) is 5.48 Å². The third-order valence-corrected chi connectivity index (χ3v) is 2.74. The zero-order valence-corrected chi connectivity index (χ0v) is 9.97. The summed E-state index contributed by atoms with van der Waals surface area (Å²) in [5.41, 5.74) is 5.58. The zero-order chi connectivity index (χ0) is 11.9. The largest absolute Gasteiger partial charge is 0.305 e. The van der Waals surface area contributed by atoms with Crippen LogP contribution in [0, 0.1) is 0 Å². The molecule has 0 aliphatic carbocycles. The van der Waals surface area contributed by atoms with Gasteiger partial charge in [0.05, 0.1) is 13.2 Å². The van der Waals surface area contributed by atoms with E-state index in [4.69, 9.17) is 4.84 Å². The number of rotatable bonds is 5. The molecule has 0 aliphatic rings. The van der Waals surface area contributed by atoms with Crippen molar-refractivity contribution in [1.29, 1.82) is 0 Å². The molecule has 0 saturated carbocycles. The minimum absolute atomic E-state index is 0.184. The third-order valence-electron chi connectivity index (χ3n) is 2.74. The number of benzene rings is 2. The standard InChI is InChI=1S/C15H17NO/c1-17-16-15(14-10-6-3-7-11-14)12-13-8-4-2-5-9-13/h2-11,15-16H,12H2,1H3. The summed E-state index contributed by atoms with van der Waals surface area (Å²) in [7, 11) is 1.65. The minimum atomic E-state index is 0.184. The van der Waals surface area contributed by atoms with Crippen molar-refractivity contribution in [2.75, 3.05) is 7.11 Å². The molecule has 1 N–H and O–H groups in total. The summed E-state index contributed by atoms with van der Waals surface area (Å²) < 4.78 is 0. The molecule has 1 unspecified atom stereocenters. The number of nitrogens with one attached hydrogen (secondary N) is 1. The van der Waals surface area contributed by atoms with E-state index >= 15 is 0 Å². The summed E-state index contributed by atoms with van der Waals surface area (Å²) in [5.74, 6) is 0. The van der Waals surface area contributed by atoms with E-state index in [2.05, 4.69) is 41.9 Å². The Morgan fingerprint density at radius 1 is 0.941 bits per heavy atom. The summed E-state index contributed by atoms with van der Waals surface area (Å²) >= 11 is 0. The van der Waals surface area contributed by atoms with Crippen molar-refractivity contribution in [3.05, 3.63) is 71.8 Å². The Kier molecular flexibility index (Phi) is 4.30. The SMILES string of the molecule is CONC(Cc1ccccc1)c1ccccc1. The maximum atomic E-state index is 5.08. The van der Waals surface area contributed by atoms with Crippen molar-refractivity contribution in [3.8, 4) is 0 Å². The Morgan fingerprint density at radius 3 is 2.12 bits per heavy atom. The molecule has 2 heteroatoms. The lowest BCUT2D eigenvalue weighted by atomic mass is 10.00. The second-order valence-corrected chi connectivity index (χ2v) is 3.97. The molecule has 2 nitrogen and oxygen atoms in total. The van der Waals surface area contributed by atoms with Crippen molar-refractivity contribution in [3.63, 3.8) is 0 Å². The fraction of sp³-hybridized carbons (Fsp3) is 0.200. The van der Waals surface area contributed by atoms with Crippen molar-refractivity contribution >= 4 is 0 Å². The first kappa shape index (κ1) is 11.8. The van der Waals surface area contributed by atoms with Crippen LogP contribution in [0.2, 0.25) is 0 Å². The number of hydroxylamine groups is 1. The van der Waals surface area contributed by atoms with Gasteiger partial charge in [0.25, 0.3) is 0 Å². The van der Waals surface area contributed by atoms with Gasteiger partial charge in [-0.25, -0.2) is 0 Å². The summed E-state index contributed by atoms with van der Waals surface area (Å²) in [4.78, 5) is 5.08. The highest BCUT2D eigenvalue weighted by Gasteiger charge is 2.10. The minimum Gasteiger partial charge on any atom is -0.305 e. The molecule has 17 heavy (non-hydrogen) atoms. The van der Waals surface area contributed by atoms with Crippen LogP contribution in [0.5, 0.6) is 0 Å². The van der Waals surface area contributed by atoms with Gasteiger partial charge in [0, 0.05) is 0 Å². The van der Waals surface area contributed by atoms with E-state index in [-0.39, 0.29) is 6.04 Å². The summed E-state index contributed by atoms with van der Waals surface area (Å²) in [6.45, 7) is 0. The van der Waals surface area contributed by atoms with Crippen LogP contribution in [-0.4, -0.2) is 7.11 Å². The van der Waals surface area contributed by atoms with Crippen LogP contribution in [0.3, 0.4) is 0 Å². The summed E-state index contributed by atoms with van der Waals surface area (Å²) in [5, 5.41) is 0. The van der Waals surface area contributed by atoms with E-state index in [1.54, 1.807) is 7.11 Å². The van der Waals surface area contributed by atoms with Gasteiger partial charge in [0.1, 0.15) is 0 Å². The molecule has 0 bridgehead atoms. The first-order valence-corrected chi connectivity index (χ1v) is 5.77. The molecule has 0 radical (unpaired) electrons. The molecular formula is C15H17NO. The Morgan fingerprint density at radius 2 is 1.53 bits per heavy atom. The van der Waals surface area contributed by atoms with Gasteiger partial charge < -0.3 is 4.84 Å². The highest BCUT2D eigenvalue weighted by Crippen LogP contribution is 2.17. The molecule has 0 aromatic heterocycles. The van der Waals surface area contributed by atoms with Gasteiger partial charge in [-0.1, -0.05) is 60.7 Å². The fourth-order valence-electron chi connectivity index (χ4n) is 1.90. The highest BCUT2D eigenvalue weighted by molar-refractivity contribution is 5.23. The van der Waals surface area contributed by atoms with Crippen LogP contribution < -0.4 is 5.48 Å². The Labute approximate surface area is 102 Å². The van der Waals surface area contributed by atoms with Crippen molar-refractivity contribution < 1.29 is 4.84 Å². The lowest BCUT2D eigenvalue weighted by molar-refractivity contribution is 0.0605. The van der Waals surface area contributed by atoms with Crippen molar-refractivity contribution in [2.45, 2.75) is 12.5 Å². The van der Waals surface area contributed by atoms with Gasteiger partial charge in [0.15, 0.2) is 0 Å². The van der Waals surface area contributed by atoms with Gasteiger partial charge in [-0.05, 0) is 17.5 Å². The number of hydrogen-bond donors (Lipinski definition) is 1.